The summed E-state index contributed by atoms with van der Waals surface area (Å²) >= 11 is 2.06. The highest BCUT2D eigenvalue weighted by Gasteiger charge is 2.13. The van der Waals surface area contributed by atoms with Crippen molar-refractivity contribution in [2.24, 2.45) is 4.99 Å². The Morgan fingerprint density at radius 2 is 2.13 bits per heavy atom. The van der Waals surface area contributed by atoms with E-state index in [4.69, 9.17) is 0 Å². The van der Waals surface area contributed by atoms with Gasteiger partial charge in [-0.05, 0) is 0 Å². The Balaban J connectivity index is 1.61. The predicted octanol–water partition coefficient (Wildman–Crippen LogP) is -0.0738. The van der Waals surface area contributed by atoms with Crippen molar-refractivity contribution in [2.45, 2.75) is 0 Å². The summed E-state index contributed by atoms with van der Waals surface area (Å²) in [5, 5.41) is 3.41. The molecule has 86 valence electrons. The van der Waals surface area contributed by atoms with Crippen molar-refractivity contribution in [3.05, 3.63) is 0 Å². The SMILES string of the molecule is CN1CCN=C1NCCN1CCSCC1. The summed E-state index contributed by atoms with van der Waals surface area (Å²) in [5.74, 6) is 3.66. The van der Waals surface area contributed by atoms with Crippen LogP contribution in [0.2, 0.25) is 0 Å². The number of thioether (sulfide) groups is 1. The minimum absolute atomic E-state index is 0.944. The molecule has 0 saturated carbocycles. The highest BCUT2D eigenvalue weighted by molar-refractivity contribution is 7.99. The van der Waals surface area contributed by atoms with Crippen LogP contribution in [0.5, 0.6) is 0 Å². The lowest BCUT2D eigenvalue weighted by Gasteiger charge is -2.26. The first-order valence-electron chi connectivity index (χ1n) is 5.66. The average molecular weight is 228 g/mol. The molecule has 0 aromatic rings. The monoisotopic (exact) mass is 228 g/mol. The molecule has 0 aromatic heterocycles. The highest BCUT2D eigenvalue weighted by Crippen LogP contribution is 2.07. The molecular weight excluding hydrogens is 208 g/mol. The molecule has 0 unspecified atom stereocenters. The summed E-state index contributed by atoms with van der Waals surface area (Å²) < 4.78 is 0. The number of hydrogen-bond donors (Lipinski definition) is 1. The normalized spacial score (nSPS) is 23.0. The molecule has 0 spiro atoms. The largest absolute Gasteiger partial charge is 0.355 e. The van der Waals surface area contributed by atoms with Gasteiger partial charge in [-0.25, -0.2) is 0 Å². The van der Waals surface area contributed by atoms with E-state index >= 15 is 0 Å². The molecular formula is C10H20N4S. The zero-order valence-electron chi connectivity index (χ0n) is 9.41. The van der Waals surface area contributed by atoms with Gasteiger partial charge in [-0.3, -0.25) is 9.89 Å². The smallest absolute Gasteiger partial charge is 0.193 e. The second-order valence-electron chi connectivity index (χ2n) is 4.01. The quantitative estimate of drug-likeness (QED) is 0.732. The van der Waals surface area contributed by atoms with E-state index in [0.29, 0.717) is 0 Å². The molecule has 2 heterocycles. The van der Waals surface area contributed by atoms with E-state index < -0.39 is 0 Å². The Labute approximate surface area is 96.1 Å². The van der Waals surface area contributed by atoms with Crippen LogP contribution in [-0.2, 0) is 0 Å². The van der Waals surface area contributed by atoms with Gasteiger partial charge in [0.25, 0.3) is 0 Å². The first-order valence-corrected chi connectivity index (χ1v) is 6.81. The van der Waals surface area contributed by atoms with E-state index in [9.17, 15) is 0 Å². The second kappa shape index (κ2) is 5.61. The summed E-state index contributed by atoms with van der Waals surface area (Å²) in [6.45, 7) is 6.66. The van der Waals surface area contributed by atoms with Gasteiger partial charge in [-0.15, -0.1) is 0 Å². The highest BCUT2D eigenvalue weighted by atomic mass is 32.2. The number of hydrogen-bond acceptors (Lipinski definition) is 5. The van der Waals surface area contributed by atoms with Crippen LogP contribution < -0.4 is 5.32 Å². The van der Waals surface area contributed by atoms with E-state index in [1.807, 2.05) is 0 Å². The van der Waals surface area contributed by atoms with Gasteiger partial charge in [0, 0.05) is 51.3 Å². The van der Waals surface area contributed by atoms with Crippen molar-refractivity contribution < 1.29 is 0 Å². The summed E-state index contributed by atoms with van der Waals surface area (Å²) in [5.41, 5.74) is 0. The lowest BCUT2D eigenvalue weighted by atomic mass is 10.4. The van der Waals surface area contributed by atoms with Crippen LogP contribution in [0.15, 0.2) is 4.99 Å². The van der Waals surface area contributed by atoms with E-state index in [1.165, 1.54) is 24.6 Å². The van der Waals surface area contributed by atoms with Crippen LogP contribution in [-0.4, -0.2) is 73.6 Å². The Hall–Kier alpha value is -0.420. The molecule has 1 fully saturated rings. The number of nitrogens with one attached hydrogen (secondary N) is 1. The van der Waals surface area contributed by atoms with E-state index in [-0.39, 0.29) is 0 Å². The zero-order valence-corrected chi connectivity index (χ0v) is 10.2. The lowest BCUT2D eigenvalue weighted by molar-refractivity contribution is 0.306. The van der Waals surface area contributed by atoms with Crippen molar-refractivity contribution in [3.8, 4) is 0 Å². The first-order chi connectivity index (χ1) is 7.36. The Morgan fingerprint density at radius 1 is 1.33 bits per heavy atom. The van der Waals surface area contributed by atoms with Gasteiger partial charge in [0.1, 0.15) is 0 Å². The molecule has 0 bridgehead atoms. The summed E-state index contributed by atoms with van der Waals surface area (Å²) in [6, 6.07) is 0. The molecule has 15 heavy (non-hydrogen) atoms. The van der Waals surface area contributed by atoms with Crippen LogP contribution >= 0.6 is 11.8 Å². The van der Waals surface area contributed by atoms with Crippen molar-refractivity contribution in [2.75, 3.05) is 57.8 Å². The molecule has 2 aliphatic heterocycles. The minimum atomic E-state index is 0.944. The topological polar surface area (TPSA) is 30.9 Å². The van der Waals surface area contributed by atoms with Crippen LogP contribution in [0, 0.1) is 0 Å². The maximum atomic E-state index is 4.41. The van der Waals surface area contributed by atoms with Gasteiger partial charge >= 0.3 is 0 Å². The van der Waals surface area contributed by atoms with E-state index in [2.05, 4.69) is 38.9 Å². The fraction of sp³-hybridized carbons (Fsp3) is 0.900. The number of likely N-dealkylation sites (N-methyl/N-ethyl adjacent to an activating group) is 1. The molecule has 0 atom stereocenters. The average Bonchev–Trinajstić information content (AvgIpc) is 2.66. The van der Waals surface area contributed by atoms with Crippen molar-refractivity contribution >= 4 is 17.7 Å². The summed E-state index contributed by atoms with van der Waals surface area (Å²) in [4.78, 5) is 9.12. The zero-order chi connectivity index (χ0) is 10.5. The molecule has 5 heteroatoms. The maximum Gasteiger partial charge on any atom is 0.193 e. The second-order valence-corrected chi connectivity index (χ2v) is 5.23. The van der Waals surface area contributed by atoms with Gasteiger partial charge in [-0.1, -0.05) is 0 Å². The van der Waals surface area contributed by atoms with Crippen LogP contribution in [0.1, 0.15) is 0 Å². The molecule has 4 nitrogen and oxygen atoms in total. The van der Waals surface area contributed by atoms with Crippen LogP contribution in [0.25, 0.3) is 0 Å². The third-order valence-corrected chi connectivity index (χ3v) is 3.82. The summed E-state index contributed by atoms with van der Waals surface area (Å²) in [7, 11) is 2.09. The molecule has 1 saturated heterocycles. The molecule has 0 aromatic carbocycles. The Kier molecular flexibility index (Phi) is 4.14. The third kappa shape index (κ3) is 3.28. The van der Waals surface area contributed by atoms with Gasteiger partial charge < -0.3 is 10.2 Å². The van der Waals surface area contributed by atoms with Crippen LogP contribution in [0.4, 0.5) is 0 Å². The number of rotatable bonds is 3. The maximum absolute atomic E-state index is 4.41. The fourth-order valence-corrected chi connectivity index (χ4v) is 2.85. The standard InChI is InChI=1S/C10H20N4S/c1-13-4-2-11-10(13)12-3-5-14-6-8-15-9-7-14/h2-9H2,1H3,(H,11,12). The fourth-order valence-electron chi connectivity index (χ4n) is 1.87. The van der Waals surface area contributed by atoms with Crippen LogP contribution in [0.3, 0.4) is 0 Å². The Bertz CT molecular complexity index is 225. The number of aliphatic imine (C=N–C) groups is 1. The number of guanidine groups is 1. The van der Waals surface area contributed by atoms with E-state index in [1.54, 1.807) is 0 Å². The van der Waals surface area contributed by atoms with Gasteiger partial charge in [0.15, 0.2) is 5.96 Å². The molecule has 1 N–H and O–H groups in total. The Morgan fingerprint density at radius 3 is 2.80 bits per heavy atom. The molecule has 0 amide bonds. The molecule has 2 rings (SSSR count). The van der Waals surface area contributed by atoms with Gasteiger partial charge in [0.05, 0.1) is 6.54 Å². The number of nitrogens with zero attached hydrogens (tertiary/aromatic N) is 3. The summed E-state index contributed by atoms with van der Waals surface area (Å²) in [6.07, 6.45) is 0. The third-order valence-electron chi connectivity index (χ3n) is 2.87. The van der Waals surface area contributed by atoms with Crippen molar-refractivity contribution in [1.82, 2.24) is 15.1 Å². The van der Waals surface area contributed by atoms with Crippen molar-refractivity contribution in [1.29, 1.82) is 0 Å². The lowest BCUT2D eigenvalue weighted by Crippen LogP contribution is -2.42. The molecule has 0 aliphatic carbocycles. The predicted molar refractivity (Wildman–Crippen MR) is 66.7 cm³/mol. The van der Waals surface area contributed by atoms with E-state index in [0.717, 1.165) is 32.1 Å². The van der Waals surface area contributed by atoms with Gasteiger partial charge in [0.2, 0.25) is 0 Å². The first kappa shape index (κ1) is 11.1. The molecule has 2 aliphatic rings. The minimum Gasteiger partial charge on any atom is -0.355 e. The van der Waals surface area contributed by atoms with Crippen molar-refractivity contribution in [3.63, 3.8) is 0 Å². The molecule has 0 radical (unpaired) electrons. The van der Waals surface area contributed by atoms with Gasteiger partial charge in [-0.2, -0.15) is 11.8 Å².